The zero-order valence-electron chi connectivity index (χ0n) is 9.07. The van der Waals surface area contributed by atoms with E-state index in [4.69, 9.17) is 9.84 Å². The lowest BCUT2D eigenvalue weighted by Gasteiger charge is -2.26. The molecule has 100 valence electrons. The van der Waals surface area contributed by atoms with Gasteiger partial charge >= 0.3 is 6.03 Å². The lowest BCUT2D eigenvalue weighted by atomic mass is 9.93. The summed E-state index contributed by atoms with van der Waals surface area (Å²) in [7, 11) is 0. The molecule has 0 aromatic carbocycles. The third-order valence-electron chi connectivity index (χ3n) is 2.95. The van der Waals surface area contributed by atoms with E-state index in [0.717, 1.165) is 0 Å². The van der Waals surface area contributed by atoms with Crippen LogP contribution >= 0.6 is 0 Å². The van der Waals surface area contributed by atoms with E-state index in [1.54, 1.807) is 0 Å². The summed E-state index contributed by atoms with van der Waals surface area (Å²) in [6.07, 6.45) is -5.30. The van der Waals surface area contributed by atoms with Gasteiger partial charge in [0.2, 0.25) is 11.8 Å². The van der Waals surface area contributed by atoms with Crippen molar-refractivity contribution >= 4 is 17.8 Å². The van der Waals surface area contributed by atoms with Gasteiger partial charge in [-0.25, -0.2) is 4.79 Å². The fourth-order valence-corrected chi connectivity index (χ4v) is 2.03. The molecule has 0 bridgehead atoms. The van der Waals surface area contributed by atoms with Crippen LogP contribution in [-0.4, -0.2) is 64.2 Å². The van der Waals surface area contributed by atoms with Crippen molar-refractivity contribution in [3.05, 3.63) is 0 Å². The molecule has 0 aliphatic carbocycles. The van der Waals surface area contributed by atoms with Crippen LogP contribution in [0, 0.1) is 5.92 Å². The number of imide groups is 2. The number of barbiturate groups is 1. The number of urea groups is 1. The highest BCUT2D eigenvalue weighted by molar-refractivity contribution is 6.16. The minimum atomic E-state index is -1.50. The molecule has 18 heavy (non-hydrogen) atoms. The molecule has 2 aliphatic rings. The summed E-state index contributed by atoms with van der Waals surface area (Å²) in [5.41, 5.74) is 0. The van der Waals surface area contributed by atoms with Crippen molar-refractivity contribution < 1.29 is 34.4 Å². The average Bonchev–Trinajstić information content (AvgIpc) is 2.56. The Kier molecular flexibility index (Phi) is 3.30. The zero-order chi connectivity index (χ0) is 13.4. The third-order valence-corrected chi connectivity index (χ3v) is 2.95. The number of rotatable bonds is 2. The van der Waals surface area contributed by atoms with Crippen molar-refractivity contribution in [3.63, 3.8) is 0 Å². The molecule has 4 amide bonds. The molecule has 0 aromatic heterocycles. The van der Waals surface area contributed by atoms with E-state index in [-0.39, 0.29) is 0 Å². The first kappa shape index (κ1) is 12.9. The number of carbonyl (C=O) groups is 3. The summed E-state index contributed by atoms with van der Waals surface area (Å²) in [5.74, 6) is -3.29. The highest BCUT2D eigenvalue weighted by Crippen LogP contribution is 2.27. The Hall–Kier alpha value is -1.55. The molecule has 5 N–H and O–H groups in total. The van der Waals surface area contributed by atoms with Crippen LogP contribution in [0.4, 0.5) is 4.79 Å². The van der Waals surface area contributed by atoms with E-state index in [1.807, 2.05) is 10.6 Å². The molecule has 0 radical (unpaired) electrons. The molecule has 0 spiro atoms. The van der Waals surface area contributed by atoms with Gasteiger partial charge < -0.3 is 20.1 Å². The van der Waals surface area contributed by atoms with Gasteiger partial charge in [0.1, 0.15) is 30.3 Å². The van der Waals surface area contributed by atoms with Crippen molar-refractivity contribution in [2.75, 3.05) is 6.61 Å². The van der Waals surface area contributed by atoms with Crippen LogP contribution in [0.15, 0.2) is 0 Å². The van der Waals surface area contributed by atoms with Crippen LogP contribution in [0.25, 0.3) is 0 Å². The standard InChI is InChI=1S/C9H12N2O7/c12-1-2-4(13)5(14)6(18-2)3-7(15)10-9(17)11-8(3)16/h2-6,12-14H,1H2,(H2,10,11,15,16,17)/t2-,4-,5-,6+/m1/s1. The molecule has 2 heterocycles. The van der Waals surface area contributed by atoms with Crippen LogP contribution in [0.1, 0.15) is 0 Å². The SMILES string of the molecule is O=C1NC(=O)C([C@@H]2O[C@H](CO)[C@@H](O)[C@H]2O)C(=O)N1. The fraction of sp³-hybridized carbons (Fsp3) is 0.667. The molecule has 9 heteroatoms. The first-order valence-corrected chi connectivity index (χ1v) is 5.24. The predicted molar refractivity (Wildman–Crippen MR) is 52.9 cm³/mol. The largest absolute Gasteiger partial charge is 0.394 e. The lowest BCUT2D eigenvalue weighted by Crippen LogP contribution is -2.60. The first-order chi connectivity index (χ1) is 8.45. The smallest absolute Gasteiger partial charge is 0.328 e. The Morgan fingerprint density at radius 1 is 1.06 bits per heavy atom. The molecular formula is C9H12N2O7. The monoisotopic (exact) mass is 260 g/mol. The van der Waals surface area contributed by atoms with Gasteiger partial charge in [0.25, 0.3) is 0 Å². The number of aliphatic hydroxyl groups excluding tert-OH is 3. The Morgan fingerprint density at radius 3 is 2.06 bits per heavy atom. The molecule has 0 saturated carbocycles. The molecule has 2 fully saturated rings. The number of nitrogens with one attached hydrogen (secondary N) is 2. The molecule has 2 saturated heterocycles. The van der Waals surface area contributed by atoms with E-state index < -0.39 is 54.8 Å². The van der Waals surface area contributed by atoms with Gasteiger partial charge in [-0.15, -0.1) is 0 Å². The van der Waals surface area contributed by atoms with Crippen LogP contribution in [0.2, 0.25) is 0 Å². The Morgan fingerprint density at radius 2 is 1.61 bits per heavy atom. The third kappa shape index (κ3) is 1.97. The summed E-state index contributed by atoms with van der Waals surface area (Å²) >= 11 is 0. The maximum atomic E-state index is 11.5. The normalized spacial score (nSPS) is 37.6. The van der Waals surface area contributed by atoms with Crippen molar-refractivity contribution in [2.45, 2.75) is 24.4 Å². The number of hydrogen-bond acceptors (Lipinski definition) is 7. The van der Waals surface area contributed by atoms with E-state index in [2.05, 4.69) is 0 Å². The van der Waals surface area contributed by atoms with Crippen LogP contribution in [0.5, 0.6) is 0 Å². The maximum absolute atomic E-state index is 11.5. The van der Waals surface area contributed by atoms with Crippen LogP contribution in [-0.2, 0) is 14.3 Å². The lowest BCUT2D eigenvalue weighted by molar-refractivity contribution is -0.145. The molecule has 2 rings (SSSR count). The predicted octanol–water partition coefficient (Wildman–Crippen LogP) is -3.55. The molecule has 2 aliphatic heterocycles. The minimum absolute atomic E-state index is 0.566. The molecule has 9 nitrogen and oxygen atoms in total. The second kappa shape index (κ2) is 4.61. The highest BCUT2D eigenvalue weighted by Gasteiger charge is 2.52. The second-order valence-electron chi connectivity index (χ2n) is 4.09. The Bertz CT molecular complexity index is 378. The molecule has 0 aromatic rings. The van der Waals surface area contributed by atoms with E-state index in [1.165, 1.54) is 0 Å². The van der Waals surface area contributed by atoms with Gasteiger partial charge in [-0.3, -0.25) is 20.2 Å². The summed E-state index contributed by atoms with van der Waals surface area (Å²) < 4.78 is 5.07. The zero-order valence-corrected chi connectivity index (χ0v) is 9.07. The summed E-state index contributed by atoms with van der Waals surface area (Å²) in [6.45, 7) is -0.566. The van der Waals surface area contributed by atoms with Crippen molar-refractivity contribution in [2.24, 2.45) is 5.92 Å². The van der Waals surface area contributed by atoms with Gasteiger partial charge in [-0.05, 0) is 0 Å². The van der Waals surface area contributed by atoms with E-state index >= 15 is 0 Å². The van der Waals surface area contributed by atoms with Gasteiger partial charge in [0.15, 0.2) is 0 Å². The number of aliphatic hydroxyl groups is 3. The number of carbonyl (C=O) groups excluding carboxylic acids is 3. The van der Waals surface area contributed by atoms with E-state index in [0.29, 0.717) is 0 Å². The maximum Gasteiger partial charge on any atom is 0.328 e. The fourth-order valence-electron chi connectivity index (χ4n) is 2.03. The van der Waals surface area contributed by atoms with Crippen LogP contribution < -0.4 is 10.6 Å². The number of hydrogen-bond donors (Lipinski definition) is 5. The van der Waals surface area contributed by atoms with Crippen molar-refractivity contribution in [1.29, 1.82) is 0 Å². The molecule has 0 unspecified atom stereocenters. The molecule has 4 atom stereocenters. The van der Waals surface area contributed by atoms with Crippen molar-refractivity contribution in [1.82, 2.24) is 10.6 Å². The van der Waals surface area contributed by atoms with Crippen LogP contribution in [0.3, 0.4) is 0 Å². The quantitative estimate of drug-likeness (QED) is 0.323. The first-order valence-electron chi connectivity index (χ1n) is 5.24. The highest BCUT2D eigenvalue weighted by atomic mass is 16.6. The number of amides is 4. The van der Waals surface area contributed by atoms with Gasteiger partial charge in [-0.2, -0.15) is 0 Å². The minimum Gasteiger partial charge on any atom is -0.394 e. The second-order valence-corrected chi connectivity index (χ2v) is 4.09. The summed E-state index contributed by atoms with van der Waals surface area (Å²) in [4.78, 5) is 33.9. The Balaban J connectivity index is 2.19. The summed E-state index contributed by atoms with van der Waals surface area (Å²) in [5, 5.41) is 31.8. The van der Waals surface area contributed by atoms with Gasteiger partial charge in [0, 0.05) is 0 Å². The number of ether oxygens (including phenoxy) is 1. The van der Waals surface area contributed by atoms with Gasteiger partial charge in [0.05, 0.1) is 6.61 Å². The molecular weight excluding hydrogens is 248 g/mol. The average molecular weight is 260 g/mol. The topological polar surface area (TPSA) is 145 Å². The Labute approximate surface area is 101 Å². The van der Waals surface area contributed by atoms with Gasteiger partial charge in [-0.1, -0.05) is 0 Å². The summed E-state index contributed by atoms with van der Waals surface area (Å²) in [6, 6.07) is -0.951. The van der Waals surface area contributed by atoms with E-state index in [9.17, 15) is 24.6 Å². The van der Waals surface area contributed by atoms with Crippen molar-refractivity contribution in [3.8, 4) is 0 Å².